The monoisotopic (exact) mass is 296 g/mol. The predicted molar refractivity (Wildman–Crippen MR) is 76.5 cm³/mol. The number of pyridine rings is 1. The summed E-state index contributed by atoms with van der Waals surface area (Å²) in [6.07, 6.45) is 2.91. The van der Waals surface area contributed by atoms with Gasteiger partial charge in [-0.25, -0.2) is 0 Å². The van der Waals surface area contributed by atoms with Crippen LogP contribution in [0.2, 0.25) is 0 Å². The van der Waals surface area contributed by atoms with Gasteiger partial charge < -0.3 is 4.74 Å². The fourth-order valence-corrected chi connectivity index (χ4v) is 1.56. The van der Waals surface area contributed by atoms with Gasteiger partial charge >= 0.3 is 0 Å². The van der Waals surface area contributed by atoms with Crippen LogP contribution in [0.1, 0.15) is 15.9 Å². The van der Waals surface area contributed by atoms with Crippen LogP contribution in [0.4, 0.5) is 0 Å². The Kier molecular flexibility index (Phi) is 5.04. The van der Waals surface area contributed by atoms with Crippen LogP contribution in [0, 0.1) is 11.3 Å². The van der Waals surface area contributed by atoms with E-state index in [0.717, 1.165) is 0 Å². The molecule has 0 spiro atoms. The van der Waals surface area contributed by atoms with Gasteiger partial charge in [0.2, 0.25) is 0 Å². The van der Waals surface area contributed by atoms with Crippen LogP contribution in [0.25, 0.3) is 0 Å². The van der Waals surface area contributed by atoms with Gasteiger partial charge in [-0.1, -0.05) is 12.1 Å². The maximum atomic E-state index is 11.7. The van der Waals surface area contributed by atoms with Gasteiger partial charge in [0.15, 0.2) is 6.61 Å². The van der Waals surface area contributed by atoms with Crippen LogP contribution in [0.15, 0.2) is 48.8 Å². The predicted octanol–water partition coefficient (Wildman–Crippen LogP) is 0.793. The molecule has 2 N–H and O–H groups in total. The number of nitriles is 1. The zero-order valence-corrected chi connectivity index (χ0v) is 11.4. The van der Waals surface area contributed by atoms with Gasteiger partial charge in [-0.05, 0) is 24.3 Å². The van der Waals surface area contributed by atoms with Crippen molar-refractivity contribution in [1.82, 2.24) is 15.8 Å². The Morgan fingerprint density at radius 3 is 2.73 bits per heavy atom. The Morgan fingerprint density at radius 1 is 1.18 bits per heavy atom. The highest BCUT2D eigenvalue weighted by atomic mass is 16.5. The van der Waals surface area contributed by atoms with E-state index in [-0.39, 0.29) is 6.61 Å². The molecule has 2 amide bonds. The van der Waals surface area contributed by atoms with E-state index in [1.54, 1.807) is 36.4 Å². The van der Waals surface area contributed by atoms with Gasteiger partial charge in [-0.2, -0.15) is 5.26 Å². The van der Waals surface area contributed by atoms with E-state index in [0.29, 0.717) is 16.9 Å². The highest BCUT2D eigenvalue weighted by Crippen LogP contribution is 2.15. The molecule has 0 atom stereocenters. The van der Waals surface area contributed by atoms with Crippen molar-refractivity contribution >= 4 is 11.8 Å². The van der Waals surface area contributed by atoms with E-state index in [9.17, 15) is 9.59 Å². The van der Waals surface area contributed by atoms with Gasteiger partial charge in [-0.15, -0.1) is 0 Å². The topological polar surface area (TPSA) is 104 Å². The first-order valence-corrected chi connectivity index (χ1v) is 6.32. The number of nitrogens with one attached hydrogen (secondary N) is 2. The van der Waals surface area contributed by atoms with Crippen LogP contribution >= 0.6 is 0 Å². The standard InChI is InChI=1S/C15H12N4O3/c16-8-11-4-1-2-6-13(11)22-10-14(20)18-19-15(21)12-5-3-7-17-9-12/h1-7,9H,10H2,(H,18,20)(H,19,21). The smallest absolute Gasteiger partial charge is 0.276 e. The SMILES string of the molecule is N#Cc1ccccc1OCC(=O)NNC(=O)c1cccnc1. The van der Waals surface area contributed by atoms with Crippen molar-refractivity contribution in [3.8, 4) is 11.8 Å². The number of nitrogens with zero attached hydrogens (tertiary/aromatic N) is 2. The fourth-order valence-electron chi connectivity index (χ4n) is 1.56. The molecular formula is C15H12N4O3. The first-order chi connectivity index (χ1) is 10.7. The lowest BCUT2D eigenvalue weighted by atomic mass is 10.2. The van der Waals surface area contributed by atoms with Crippen LogP contribution in [-0.4, -0.2) is 23.4 Å². The van der Waals surface area contributed by atoms with Gasteiger partial charge in [0, 0.05) is 12.4 Å². The minimum Gasteiger partial charge on any atom is -0.482 e. The Balaban J connectivity index is 1.81. The lowest BCUT2D eigenvalue weighted by Crippen LogP contribution is -2.43. The zero-order valence-electron chi connectivity index (χ0n) is 11.4. The molecule has 0 fully saturated rings. The number of carbonyl (C=O) groups excluding carboxylic acids is 2. The number of carbonyl (C=O) groups is 2. The van der Waals surface area contributed by atoms with Gasteiger partial charge in [-0.3, -0.25) is 25.4 Å². The maximum Gasteiger partial charge on any atom is 0.276 e. The van der Waals surface area contributed by atoms with Gasteiger partial charge in [0.1, 0.15) is 11.8 Å². The average Bonchev–Trinajstić information content (AvgIpc) is 2.58. The largest absolute Gasteiger partial charge is 0.482 e. The number of hydrogen-bond acceptors (Lipinski definition) is 5. The maximum absolute atomic E-state index is 11.7. The van der Waals surface area contributed by atoms with E-state index >= 15 is 0 Å². The lowest BCUT2D eigenvalue weighted by molar-refractivity contribution is -0.123. The number of hydrogen-bond donors (Lipinski definition) is 2. The molecule has 2 aromatic rings. The van der Waals surface area contributed by atoms with Crippen LogP contribution < -0.4 is 15.6 Å². The Labute approximate surface area is 126 Å². The van der Waals surface area contributed by atoms with Crippen molar-refractivity contribution < 1.29 is 14.3 Å². The molecule has 0 aliphatic heterocycles. The fraction of sp³-hybridized carbons (Fsp3) is 0.0667. The third kappa shape index (κ3) is 4.05. The molecule has 0 aliphatic rings. The molecular weight excluding hydrogens is 284 g/mol. The first-order valence-electron chi connectivity index (χ1n) is 6.32. The van der Waals surface area contributed by atoms with Gasteiger partial charge in [0.25, 0.3) is 11.8 Å². The minimum absolute atomic E-state index is 0.304. The summed E-state index contributed by atoms with van der Waals surface area (Å²) >= 11 is 0. The molecule has 0 radical (unpaired) electrons. The molecule has 1 aromatic carbocycles. The summed E-state index contributed by atoms with van der Waals surface area (Å²) in [4.78, 5) is 27.1. The first kappa shape index (κ1) is 15.0. The normalized spacial score (nSPS) is 9.41. The summed E-state index contributed by atoms with van der Waals surface area (Å²) in [6, 6.07) is 11.7. The Bertz CT molecular complexity index is 710. The molecule has 0 aliphatic carbocycles. The summed E-state index contributed by atoms with van der Waals surface area (Å²) in [5.41, 5.74) is 5.10. The van der Waals surface area contributed by atoms with Gasteiger partial charge in [0.05, 0.1) is 11.1 Å². The zero-order chi connectivity index (χ0) is 15.8. The molecule has 0 saturated carbocycles. The highest BCUT2D eigenvalue weighted by molar-refractivity contribution is 5.95. The highest BCUT2D eigenvalue weighted by Gasteiger charge is 2.09. The van der Waals surface area contributed by atoms with Crippen molar-refractivity contribution in [2.75, 3.05) is 6.61 Å². The third-order valence-electron chi connectivity index (χ3n) is 2.61. The Hall–Kier alpha value is -3.40. The Morgan fingerprint density at radius 2 is 2.00 bits per heavy atom. The van der Waals surface area contributed by atoms with E-state index in [4.69, 9.17) is 10.00 Å². The van der Waals surface area contributed by atoms with E-state index in [1.807, 2.05) is 6.07 Å². The van der Waals surface area contributed by atoms with Crippen LogP contribution in [0.5, 0.6) is 5.75 Å². The number of amides is 2. The van der Waals surface area contributed by atoms with Crippen molar-refractivity contribution in [2.45, 2.75) is 0 Å². The van der Waals surface area contributed by atoms with Crippen LogP contribution in [-0.2, 0) is 4.79 Å². The molecule has 110 valence electrons. The summed E-state index contributed by atoms with van der Waals surface area (Å²) in [7, 11) is 0. The molecule has 0 saturated heterocycles. The summed E-state index contributed by atoms with van der Waals surface area (Å²) < 4.78 is 5.23. The number of hydrazine groups is 1. The molecule has 7 heteroatoms. The number of benzene rings is 1. The minimum atomic E-state index is -0.551. The van der Waals surface area contributed by atoms with Crippen molar-refractivity contribution in [3.63, 3.8) is 0 Å². The molecule has 1 heterocycles. The number of aromatic nitrogens is 1. The molecule has 2 rings (SSSR count). The number of ether oxygens (including phenoxy) is 1. The van der Waals surface area contributed by atoms with Crippen molar-refractivity contribution in [1.29, 1.82) is 5.26 Å². The second-order valence-electron chi connectivity index (χ2n) is 4.14. The molecule has 0 unspecified atom stereocenters. The summed E-state index contributed by atoms with van der Waals surface area (Å²) in [5, 5.41) is 8.89. The number of para-hydroxylation sites is 1. The summed E-state index contributed by atoms with van der Waals surface area (Å²) in [6.45, 7) is -0.327. The molecule has 0 bridgehead atoms. The number of rotatable bonds is 4. The molecule has 1 aromatic heterocycles. The molecule has 7 nitrogen and oxygen atoms in total. The van der Waals surface area contributed by atoms with Crippen LogP contribution in [0.3, 0.4) is 0 Å². The lowest BCUT2D eigenvalue weighted by Gasteiger charge is -2.09. The summed E-state index contributed by atoms with van der Waals surface area (Å²) in [5.74, 6) is -0.734. The van der Waals surface area contributed by atoms with E-state index in [2.05, 4.69) is 15.8 Å². The quantitative estimate of drug-likeness (QED) is 0.812. The average molecular weight is 296 g/mol. The molecule has 22 heavy (non-hydrogen) atoms. The van der Waals surface area contributed by atoms with E-state index in [1.165, 1.54) is 12.4 Å². The second-order valence-corrected chi connectivity index (χ2v) is 4.14. The second kappa shape index (κ2) is 7.40. The van der Waals surface area contributed by atoms with Crippen molar-refractivity contribution in [3.05, 3.63) is 59.9 Å². The third-order valence-corrected chi connectivity index (χ3v) is 2.61. The van der Waals surface area contributed by atoms with E-state index < -0.39 is 11.8 Å². The van der Waals surface area contributed by atoms with Crippen molar-refractivity contribution in [2.24, 2.45) is 0 Å².